The molecule has 3 heteroatoms. The Morgan fingerprint density at radius 2 is 1.89 bits per heavy atom. The molecule has 0 aliphatic rings. The second-order valence-electron chi connectivity index (χ2n) is 4.58. The fourth-order valence-corrected chi connectivity index (χ4v) is 2.06. The van der Waals surface area contributed by atoms with E-state index in [1.807, 2.05) is 44.2 Å². The molecule has 1 aromatic heterocycles. The average Bonchev–Trinajstić information content (AvgIpc) is 2.46. The summed E-state index contributed by atoms with van der Waals surface area (Å²) >= 11 is 0. The molecule has 0 amide bonds. The maximum Gasteiger partial charge on any atom is 0.195 e. The van der Waals surface area contributed by atoms with Crippen molar-refractivity contribution < 1.29 is 4.79 Å². The van der Waals surface area contributed by atoms with Crippen LogP contribution in [0.3, 0.4) is 0 Å². The quantitative estimate of drug-likeness (QED) is 0.787. The van der Waals surface area contributed by atoms with Crippen molar-refractivity contribution >= 4 is 5.78 Å². The summed E-state index contributed by atoms with van der Waals surface area (Å²) in [5, 5.41) is 8.13. The van der Waals surface area contributed by atoms with Gasteiger partial charge >= 0.3 is 0 Å². The minimum absolute atomic E-state index is 0.0325. The number of aryl methyl sites for hydroxylation is 3. The largest absolute Gasteiger partial charge is 0.289 e. The number of ketones is 1. The number of hydrogen-bond donors (Lipinski definition) is 0. The first kappa shape index (κ1) is 13.4. The molecule has 0 unspecified atom stereocenters. The third-order valence-electron chi connectivity index (χ3n) is 3.17. The van der Waals surface area contributed by atoms with Crippen LogP contribution in [0.4, 0.5) is 0 Å². The Morgan fingerprint density at radius 3 is 2.58 bits per heavy atom. The van der Waals surface area contributed by atoms with Crippen LogP contribution < -0.4 is 0 Å². The van der Waals surface area contributed by atoms with E-state index < -0.39 is 0 Å². The van der Waals surface area contributed by atoms with E-state index in [0.717, 1.165) is 23.4 Å². The molecule has 0 N–H and O–H groups in total. The van der Waals surface area contributed by atoms with E-state index >= 15 is 0 Å². The summed E-state index contributed by atoms with van der Waals surface area (Å²) in [6.45, 7) is 5.92. The summed E-state index contributed by atoms with van der Waals surface area (Å²) in [4.78, 5) is 12.6. The van der Waals surface area contributed by atoms with Gasteiger partial charge in [0.05, 0.1) is 11.4 Å². The standard InChI is InChI=1S/C16H18N2O/c1-4-12-7-6-8-13(10-12)16(19)14-9-11(3)17-18-15(14)5-2/h6-10H,4-5H2,1-3H3. The Bertz CT molecular complexity index is 605. The smallest absolute Gasteiger partial charge is 0.195 e. The minimum atomic E-state index is 0.0325. The van der Waals surface area contributed by atoms with E-state index in [9.17, 15) is 4.79 Å². The molecule has 0 aliphatic heterocycles. The van der Waals surface area contributed by atoms with Gasteiger partial charge in [-0.05, 0) is 37.5 Å². The van der Waals surface area contributed by atoms with Crippen LogP contribution >= 0.6 is 0 Å². The maximum atomic E-state index is 12.6. The lowest BCUT2D eigenvalue weighted by Crippen LogP contribution is -2.09. The molecule has 19 heavy (non-hydrogen) atoms. The molecule has 0 radical (unpaired) electrons. The highest BCUT2D eigenvalue weighted by Crippen LogP contribution is 2.15. The highest BCUT2D eigenvalue weighted by molar-refractivity contribution is 6.09. The summed E-state index contributed by atoms with van der Waals surface area (Å²) in [5.74, 6) is 0.0325. The zero-order valence-electron chi connectivity index (χ0n) is 11.6. The lowest BCUT2D eigenvalue weighted by Gasteiger charge is -2.07. The predicted octanol–water partition coefficient (Wildman–Crippen LogP) is 3.14. The molecule has 3 nitrogen and oxygen atoms in total. The first-order chi connectivity index (χ1) is 9.15. The van der Waals surface area contributed by atoms with Crippen molar-refractivity contribution in [1.82, 2.24) is 10.2 Å². The van der Waals surface area contributed by atoms with Gasteiger partial charge in [0.25, 0.3) is 0 Å². The van der Waals surface area contributed by atoms with Gasteiger partial charge in [0, 0.05) is 11.1 Å². The number of benzene rings is 1. The Hall–Kier alpha value is -2.03. The van der Waals surface area contributed by atoms with Crippen molar-refractivity contribution in [3.63, 3.8) is 0 Å². The summed E-state index contributed by atoms with van der Waals surface area (Å²) in [7, 11) is 0. The van der Waals surface area contributed by atoms with Gasteiger partial charge in [-0.3, -0.25) is 4.79 Å². The molecule has 0 aliphatic carbocycles. The zero-order chi connectivity index (χ0) is 13.8. The molecular formula is C16H18N2O. The van der Waals surface area contributed by atoms with E-state index in [-0.39, 0.29) is 5.78 Å². The van der Waals surface area contributed by atoms with Crippen LogP contribution in [0.15, 0.2) is 30.3 Å². The van der Waals surface area contributed by atoms with Gasteiger partial charge in [-0.1, -0.05) is 32.0 Å². The van der Waals surface area contributed by atoms with Gasteiger partial charge in [-0.2, -0.15) is 10.2 Å². The van der Waals surface area contributed by atoms with Crippen LogP contribution in [-0.2, 0) is 12.8 Å². The van der Waals surface area contributed by atoms with Gasteiger partial charge < -0.3 is 0 Å². The molecule has 0 saturated carbocycles. The zero-order valence-corrected chi connectivity index (χ0v) is 11.6. The van der Waals surface area contributed by atoms with E-state index in [0.29, 0.717) is 12.0 Å². The second-order valence-corrected chi connectivity index (χ2v) is 4.58. The molecule has 1 aromatic carbocycles. The van der Waals surface area contributed by atoms with Crippen molar-refractivity contribution in [2.24, 2.45) is 0 Å². The molecular weight excluding hydrogens is 236 g/mol. The van der Waals surface area contributed by atoms with E-state index in [1.165, 1.54) is 5.56 Å². The number of carbonyl (C=O) groups excluding carboxylic acids is 1. The number of nitrogens with zero attached hydrogens (tertiary/aromatic N) is 2. The summed E-state index contributed by atoms with van der Waals surface area (Å²) in [6.07, 6.45) is 1.64. The van der Waals surface area contributed by atoms with Crippen molar-refractivity contribution in [3.05, 3.63) is 58.4 Å². The van der Waals surface area contributed by atoms with E-state index in [1.54, 1.807) is 0 Å². The molecule has 2 rings (SSSR count). The fraction of sp³-hybridized carbons (Fsp3) is 0.312. The summed E-state index contributed by atoms with van der Waals surface area (Å²) in [6, 6.07) is 9.60. The second kappa shape index (κ2) is 5.74. The Labute approximate surface area is 113 Å². The number of aromatic nitrogens is 2. The highest BCUT2D eigenvalue weighted by Gasteiger charge is 2.15. The van der Waals surface area contributed by atoms with Crippen molar-refractivity contribution in [2.45, 2.75) is 33.6 Å². The molecule has 1 heterocycles. The van der Waals surface area contributed by atoms with Crippen LogP contribution in [0, 0.1) is 6.92 Å². The Kier molecular flexibility index (Phi) is 4.05. The van der Waals surface area contributed by atoms with Gasteiger partial charge in [0.1, 0.15) is 0 Å². The number of rotatable bonds is 4. The third kappa shape index (κ3) is 2.87. The molecule has 0 bridgehead atoms. The van der Waals surface area contributed by atoms with E-state index in [4.69, 9.17) is 0 Å². The molecule has 2 aromatic rings. The highest BCUT2D eigenvalue weighted by atomic mass is 16.1. The SMILES string of the molecule is CCc1cccc(C(=O)c2cc(C)nnc2CC)c1. The predicted molar refractivity (Wildman–Crippen MR) is 75.4 cm³/mol. The monoisotopic (exact) mass is 254 g/mol. The lowest BCUT2D eigenvalue weighted by molar-refractivity contribution is 0.103. The van der Waals surface area contributed by atoms with Crippen LogP contribution in [0.25, 0.3) is 0 Å². The average molecular weight is 254 g/mol. The lowest BCUT2D eigenvalue weighted by atomic mass is 9.98. The first-order valence-corrected chi connectivity index (χ1v) is 6.62. The molecule has 0 fully saturated rings. The molecule has 0 saturated heterocycles. The minimum Gasteiger partial charge on any atom is -0.289 e. The first-order valence-electron chi connectivity index (χ1n) is 6.62. The Morgan fingerprint density at radius 1 is 1.11 bits per heavy atom. The molecule has 0 spiro atoms. The fourth-order valence-electron chi connectivity index (χ4n) is 2.06. The van der Waals surface area contributed by atoms with Gasteiger partial charge in [0.2, 0.25) is 0 Å². The van der Waals surface area contributed by atoms with Crippen molar-refractivity contribution in [2.75, 3.05) is 0 Å². The van der Waals surface area contributed by atoms with Crippen LogP contribution in [0.1, 0.15) is 46.7 Å². The van der Waals surface area contributed by atoms with Crippen LogP contribution in [-0.4, -0.2) is 16.0 Å². The van der Waals surface area contributed by atoms with E-state index in [2.05, 4.69) is 17.1 Å². The molecule has 98 valence electrons. The maximum absolute atomic E-state index is 12.6. The number of carbonyl (C=O) groups is 1. The topological polar surface area (TPSA) is 42.9 Å². The van der Waals surface area contributed by atoms with Gasteiger partial charge in [-0.15, -0.1) is 0 Å². The summed E-state index contributed by atoms with van der Waals surface area (Å²) < 4.78 is 0. The van der Waals surface area contributed by atoms with Crippen LogP contribution in [0.2, 0.25) is 0 Å². The van der Waals surface area contributed by atoms with Crippen molar-refractivity contribution in [1.29, 1.82) is 0 Å². The van der Waals surface area contributed by atoms with Gasteiger partial charge in [-0.25, -0.2) is 0 Å². The molecule has 0 atom stereocenters. The normalized spacial score (nSPS) is 10.5. The van der Waals surface area contributed by atoms with Gasteiger partial charge in [0.15, 0.2) is 5.78 Å². The Balaban J connectivity index is 2.46. The number of hydrogen-bond acceptors (Lipinski definition) is 3. The third-order valence-corrected chi connectivity index (χ3v) is 3.17. The summed E-state index contributed by atoms with van der Waals surface area (Å²) in [5.41, 5.74) is 4.09. The van der Waals surface area contributed by atoms with Crippen LogP contribution in [0.5, 0.6) is 0 Å². The van der Waals surface area contributed by atoms with Crippen molar-refractivity contribution in [3.8, 4) is 0 Å².